The van der Waals surface area contributed by atoms with Gasteiger partial charge in [-0.1, -0.05) is 24.3 Å². The van der Waals surface area contributed by atoms with Gasteiger partial charge in [0.2, 0.25) is 0 Å². The van der Waals surface area contributed by atoms with E-state index in [4.69, 9.17) is 5.11 Å². The summed E-state index contributed by atoms with van der Waals surface area (Å²) < 4.78 is 4.59. The quantitative estimate of drug-likeness (QED) is 0.713. The Labute approximate surface area is 121 Å². The van der Waals surface area contributed by atoms with Gasteiger partial charge in [-0.15, -0.1) is 0 Å². The molecule has 3 N–H and O–H groups in total. The lowest BCUT2D eigenvalue weighted by Crippen LogP contribution is -2.46. The Morgan fingerprint density at radius 3 is 2.33 bits per heavy atom. The van der Waals surface area contributed by atoms with Crippen LogP contribution in [0.5, 0.6) is 0 Å². The van der Waals surface area contributed by atoms with E-state index in [1.165, 1.54) is 11.1 Å². The van der Waals surface area contributed by atoms with Crippen LogP contribution in [-0.4, -0.2) is 42.3 Å². The van der Waals surface area contributed by atoms with Crippen molar-refractivity contribution in [2.75, 3.05) is 13.2 Å². The topological polar surface area (TPSA) is 105 Å². The highest BCUT2D eigenvalue weighted by atomic mass is 16.5. The molecule has 2 rings (SSSR count). The van der Waals surface area contributed by atoms with Gasteiger partial charge < -0.3 is 15.2 Å². The third kappa shape index (κ3) is 4.57. The predicted octanol–water partition coefficient (Wildman–Crippen LogP) is 0.0808. The minimum Gasteiger partial charge on any atom is -0.480 e. The summed E-state index contributed by atoms with van der Waals surface area (Å²) in [6.45, 7) is -1.04. The molecular formula is C14H16N2O5. The lowest BCUT2D eigenvalue weighted by atomic mass is 10.1. The predicted molar refractivity (Wildman–Crippen MR) is 72.8 cm³/mol. The molecule has 3 amide bonds. The number of benzene rings is 1. The number of rotatable bonds is 5. The molecule has 0 atom stereocenters. The molecule has 1 aliphatic carbocycles. The van der Waals surface area contributed by atoms with Crippen molar-refractivity contribution in [3.05, 3.63) is 35.4 Å². The van der Waals surface area contributed by atoms with Crippen molar-refractivity contribution >= 4 is 17.9 Å². The molecule has 21 heavy (non-hydrogen) atoms. The minimum atomic E-state index is -1.17. The van der Waals surface area contributed by atoms with E-state index in [1.807, 2.05) is 24.3 Å². The smallest absolute Gasteiger partial charge is 0.329 e. The molecule has 0 saturated heterocycles. The van der Waals surface area contributed by atoms with Gasteiger partial charge in [-0.3, -0.25) is 10.1 Å². The molecular weight excluding hydrogens is 276 g/mol. The van der Waals surface area contributed by atoms with E-state index in [-0.39, 0.29) is 6.04 Å². The Morgan fingerprint density at radius 2 is 1.76 bits per heavy atom. The number of carboxylic acid groups (broad SMARTS) is 1. The van der Waals surface area contributed by atoms with E-state index in [1.54, 1.807) is 0 Å². The zero-order valence-electron chi connectivity index (χ0n) is 11.3. The maximum absolute atomic E-state index is 11.6. The summed E-state index contributed by atoms with van der Waals surface area (Å²) in [5, 5.41) is 13.2. The highest BCUT2D eigenvalue weighted by molar-refractivity contribution is 5.95. The van der Waals surface area contributed by atoms with Crippen molar-refractivity contribution in [1.29, 1.82) is 0 Å². The van der Waals surface area contributed by atoms with Crippen LogP contribution in [0, 0.1) is 0 Å². The number of hydrogen-bond donors (Lipinski definition) is 3. The van der Waals surface area contributed by atoms with Gasteiger partial charge in [0.05, 0.1) is 0 Å². The summed E-state index contributed by atoms with van der Waals surface area (Å²) in [4.78, 5) is 33.2. The SMILES string of the molecule is O=C(O)COCC(=O)NC(=O)NC1Cc2ccccc2C1. The first-order valence-corrected chi connectivity index (χ1v) is 6.51. The molecule has 0 heterocycles. The maximum Gasteiger partial charge on any atom is 0.329 e. The number of carbonyl (C=O) groups is 3. The Hall–Kier alpha value is -2.41. The van der Waals surface area contributed by atoms with Crippen LogP contribution in [-0.2, 0) is 27.2 Å². The third-order valence-electron chi connectivity index (χ3n) is 3.10. The Bertz CT molecular complexity index is 533. The number of imide groups is 1. The molecule has 0 spiro atoms. The number of ether oxygens (including phenoxy) is 1. The van der Waals surface area contributed by atoms with Crippen LogP contribution in [0.25, 0.3) is 0 Å². The second kappa shape index (κ2) is 6.85. The second-order valence-electron chi connectivity index (χ2n) is 4.78. The van der Waals surface area contributed by atoms with Crippen molar-refractivity contribution in [3.63, 3.8) is 0 Å². The fourth-order valence-electron chi connectivity index (χ4n) is 2.28. The highest BCUT2D eigenvalue weighted by Crippen LogP contribution is 2.21. The van der Waals surface area contributed by atoms with Crippen molar-refractivity contribution in [3.8, 4) is 0 Å². The van der Waals surface area contributed by atoms with Crippen molar-refractivity contribution < 1.29 is 24.2 Å². The summed E-state index contributed by atoms with van der Waals surface area (Å²) in [5.41, 5.74) is 2.39. The van der Waals surface area contributed by atoms with Crippen molar-refractivity contribution in [1.82, 2.24) is 10.6 Å². The zero-order chi connectivity index (χ0) is 15.2. The molecule has 7 heteroatoms. The van der Waals surface area contributed by atoms with Crippen LogP contribution in [0.15, 0.2) is 24.3 Å². The van der Waals surface area contributed by atoms with Gasteiger partial charge in [0.15, 0.2) is 0 Å². The molecule has 112 valence electrons. The van der Waals surface area contributed by atoms with E-state index in [9.17, 15) is 14.4 Å². The molecule has 1 aliphatic rings. The number of hydrogen-bond acceptors (Lipinski definition) is 4. The Morgan fingerprint density at radius 1 is 1.14 bits per heavy atom. The van der Waals surface area contributed by atoms with E-state index < -0.39 is 31.1 Å². The molecule has 1 aromatic carbocycles. The first kappa shape index (κ1) is 15.0. The lowest BCUT2D eigenvalue weighted by molar-refractivity contribution is -0.143. The number of urea groups is 1. The zero-order valence-corrected chi connectivity index (χ0v) is 11.3. The van der Waals surface area contributed by atoms with Crippen LogP contribution >= 0.6 is 0 Å². The normalized spacial score (nSPS) is 13.5. The van der Waals surface area contributed by atoms with Crippen molar-refractivity contribution in [2.45, 2.75) is 18.9 Å². The molecule has 0 radical (unpaired) electrons. The molecule has 0 bridgehead atoms. The Kier molecular flexibility index (Phi) is 4.89. The van der Waals surface area contributed by atoms with Crippen LogP contribution in [0.4, 0.5) is 4.79 Å². The van der Waals surface area contributed by atoms with Gasteiger partial charge >= 0.3 is 12.0 Å². The van der Waals surface area contributed by atoms with Crippen molar-refractivity contribution in [2.24, 2.45) is 0 Å². The van der Waals surface area contributed by atoms with Crippen LogP contribution in [0.1, 0.15) is 11.1 Å². The molecule has 0 fully saturated rings. The van der Waals surface area contributed by atoms with Gasteiger partial charge in [0.25, 0.3) is 5.91 Å². The van der Waals surface area contributed by atoms with E-state index >= 15 is 0 Å². The largest absolute Gasteiger partial charge is 0.480 e. The molecule has 1 aromatic rings. The summed E-state index contributed by atoms with van der Waals surface area (Å²) in [7, 11) is 0. The molecule has 0 aromatic heterocycles. The highest BCUT2D eigenvalue weighted by Gasteiger charge is 2.22. The first-order chi connectivity index (χ1) is 10.0. The fourth-order valence-corrected chi connectivity index (χ4v) is 2.28. The summed E-state index contributed by atoms with van der Waals surface area (Å²) in [5.74, 6) is -1.85. The number of amides is 3. The summed E-state index contributed by atoms with van der Waals surface area (Å²) in [6.07, 6.45) is 1.46. The van der Waals surface area contributed by atoms with Gasteiger partial charge in [0, 0.05) is 6.04 Å². The monoisotopic (exact) mass is 292 g/mol. The second-order valence-corrected chi connectivity index (χ2v) is 4.78. The van der Waals surface area contributed by atoms with Crippen LogP contribution in [0.3, 0.4) is 0 Å². The first-order valence-electron chi connectivity index (χ1n) is 6.51. The van der Waals surface area contributed by atoms with Gasteiger partial charge in [0.1, 0.15) is 13.2 Å². The average Bonchev–Trinajstić information content (AvgIpc) is 2.79. The minimum absolute atomic E-state index is 0.0462. The van der Waals surface area contributed by atoms with E-state index in [2.05, 4.69) is 15.4 Å². The van der Waals surface area contributed by atoms with Crippen LogP contribution in [0.2, 0.25) is 0 Å². The number of nitrogens with one attached hydrogen (secondary N) is 2. The number of fused-ring (bicyclic) bond motifs is 1. The van der Waals surface area contributed by atoms with Gasteiger partial charge in [-0.2, -0.15) is 0 Å². The van der Waals surface area contributed by atoms with E-state index in [0.717, 1.165) is 12.8 Å². The molecule has 0 aliphatic heterocycles. The Balaban J connectivity index is 1.71. The van der Waals surface area contributed by atoms with E-state index in [0.29, 0.717) is 0 Å². The standard InChI is InChI=1S/C14H16N2O5/c17-12(7-21-8-13(18)19)16-14(20)15-11-5-9-3-1-2-4-10(9)6-11/h1-4,11H,5-8H2,(H,18,19)(H2,15,16,17,20). The lowest BCUT2D eigenvalue weighted by Gasteiger charge is -2.12. The molecule has 0 unspecified atom stereocenters. The summed E-state index contributed by atoms with van der Waals surface area (Å²) >= 11 is 0. The van der Waals surface area contributed by atoms with Gasteiger partial charge in [-0.25, -0.2) is 9.59 Å². The number of carboxylic acids is 1. The van der Waals surface area contributed by atoms with Crippen LogP contribution < -0.4 is 10.6 Å². The molecule has 7 nitrogen and oxygen atoms in total. The third-order valence-corrected chi connectivity index (χ3v) is 3.10. The number of aliphatic carboxylic acids is 1. The molecule has 0 saturated carbocycles. The average molecular weight is 292 g/mol. The maximum atomic E-state index is 11.6. The number of carbonyl (C=O) groups excluding carboxylic acids is 2. The van der Waals surface area contributed by atoms with Gasteiger partial charge in [-0.05, 0) is 24.0 Å². The fraction of sp³-hybridized carbons (Fsp3) is 0.357. The summed E-state index contributed by atoms with van der Waals surface area (Å²) in [6, 6.07) is 7.28.